The monoisotopic (exact) mass is 451 g/mol. The predicted molar refractivity (Wildman–Crippen MR) is 111 cm³/mol. The molecule has 0 fully saturated rings. The second-order valence-electron chi connectivity index (χ2n) is 6.37. The molecular formula is C20H21NO7S2. The fourth-order valence-corrected chi connectivity index (χ4v) is 4.42. The second-order valence-corrected chi connectivity index (χ2v) is 9.07. The lowest BCUT2D eigenvalue weighted by Gasteiger charge is -2.17. The van der Waals surface area contributed by atoms with Gasteiger partial charge < -0.3 is 14.2 Å². The van der Waals surface area contributed by atoms with E-state index in [9.17, 15) is 18.0 Å². The summed E-state index contributed by atoms with van der Waals surface area (Å²) in [6.45, 7) is -0.429. The van der Waals surface area contributed by atoms with Gasteiger partial charge in [0.05, 0.1) is 4.90 Å². The molecule has 1 aliphatic rings. The fourth-order valence-electron chi connectivity index (χ4n) is 2.71. The maximum Gasteiger partial charge on any atom is 0.324 e. The van der Waals surface area contributed by atoms with Gasteiger partial charge >= 0.3 is 5.97 Å². The van der Waals surface area contributed by atoms with Crippen LogP contribution in [0.1, 0.15) is 16.8 Å². The van der Waals surface area contributed by atoms with Crippen molar-refractivity contribution in [2.24, 2.45) is 0 Å². The number of fused-ring (bicyclic) bond motifs is 1. The number of sulfonamides is 1. The van der Waals surface area contributed by atoms with E-state index in [0.29, 0.717) is 22.8 Å². The molecule has 10 heteroatoms. The Kier molecular flexibility index (Phi) is 7.35. The van der Waals surface area contributed by atoms with E-state index >= 15 is 0 Å². The Balaban J connectivity index is 1.64. The van der Waals surface area contributed by atoms with Gasteiger partial charge in [0.25, 0.3) is 0 Å². The largest absolute Gasteiger partial charge is 0.456 e. The lowest BCUT2D eigenvalue weighted by molar-refractivity contribution is -0.144. The van der Waals surface area contributed by atoms with Crippen LogP contribution in [-0.4, -0.2) is 51.6 Å². The first kappa shape index (κ1) is 22.1. The van der Waals surface area contributed by atoms with E-state index in [-0.39, 0.29) is 18.1 Å². The molecule has 160 valence electrons. The third-order valence-corrected chi connectivity index (χ3v) is 6.42. The number of hydrogen-bond donors (Lipinski definition) is 1. The molecule has 1 aliphatic heterocycles. The molecule has 1 unspecified atom stereocenters. The first-order valence-electron chi connectivity index (χ1n) is 9.06. The first-order valence-corrected chi connectivity index (χ1v) is 11.9. The molecule has 0 aliphatic carbocycles. The highest BCUT2D eigenvalue weighted by Crippen LogP contribution is 2.32. The summed E-state index contributed by atoms with van der Waals surface area (Å²) in [5.74, 6) is 0.276. The van der Waals surface area contributed by atoms with Crippen molar-refractivity contribution in [1.29, 1.82) is 0 Å². The van der Waals surface area contributed by atoms with Crippen molar-refractivity contribution in [2.45, 2.75) is 17.4 Å². The number of esters is 1. The second kappa shape index (κ2) is 9.96. The minimum atomic E-state index is -3.91. The molecule has 0 spiro atoms. The van der Waals surface area contributed by atoms with Gasteiger partial charge in [-0.1, -0.05) is 18.2 Å². The van der Waals surface area contributed by atoms with Crippen molar-refractivity contribution in [3.05, 3.63) is 54.1 Å². The molecule has 0 aromatic heterocycles. The van der Waals surface area contributed by atoms with Crippen LogP contribution in [-0.2, 0) is 19.6 Å². The van der Waals surface area contributed by atoms with Gasteiger partial charge in [-0.2, -0.15) is 16.5 Å². The van der Waals surface area contributed by atoms with Crippen molar-refractivity contribution >= 4 is 33.5 Å². The summed E-state index contributed by atoms with van der Waals surface area (Å²) in [4.78, 5) is 24.9. The van der Waals surface area contributed by atoms with E-state index < -0.39 is 34.4 Å². The third-order valence-electron chi connectivity index (χ3n) is 4.29. The summed E-state index contributed by atoms with van der Waals surface area (Å²) < 4.78 is 43.0. The zero-order valence-corrected chi connectivity index (χ0v) is 17.8. The maximum absolute atomic E-state index is 12.6. The van der Waals surface area contributed by atoms with E-state index in [2.05, 4.69) is 4.72 Å². The quantitative estimate of drug-likeness (QED) is 0.433. The zero-order valence-electron chi connectivity index (χ0n) is 16.2. The third kappa shape index (κ3) is 5.53. The van der Waals surface area contributed by atoms with Crippen molar-refractivity contribution < 1.29 is 32.2 Å². The zero-order chi connectivity index (χ0) is 21.6. The number of benzene rings is 2. The maximum atomic E-state index is 12.6. The number of thioether (sulfide) groups is 1. The number of hydrogen-bond acceptors (Lipinski definition) is 8. The van der Waals surface area contributed by atoms with Crippen LogP contribution < -0.4 is 14.2 Å². The lowest BCUT2D eigenvalue weighted by Crippen LogP contribution is -2.42. The van der Waals surface area contributed by atoms with Gasteiger partial charge in [-0.25, -0.2) is 8.42 Å². The fraction of sp³-hybridized carbons (Fsp3) is 0.300. The number of rotatable bonds is 10. The van der Waals surface area contributed by atoms with E-state index in [1.807, 2.05) is 6.26 Å². The number of ether oxygens (including phenoxy) is 3. The minimum Gasteiger partial charge on any atom is -0.456 e. The SMILES string of the molecule is CSCCC(NS(=O)(=O)c1ccccc1)C(=O)OCC(=O)c1ccc2c(c1)OCO2. The molecule has 0 radical (unpaired) electrons. The van der Waals surface area contributed by atoms with Gasteiger partial charge in [0.1, 0.15) is 6.04 Å². The number of carbonyl (C=O) groups excluding carboxylic acids is 2. The topological polar surface area (TPSA) is 108 Å². The molecule has 2 aromatic rings. The number of Topliss-reactive ketones (excluding diaryl/α,β-unsaturated/α-hetero) is 1. The van der Waals surface area contributed by atoms with Crippen molar-refractivity contribution in [3.8, 4) is 11.5 Å². The average Bonchev–Trinajstić information content (AvgIpc) is 3.23. The first-order chi connectivity index (χ1) is 14.4. The molecule has 3 rings (SSSR count). The van der Waals surface area contributed by atoms with Crippen LogP contribution in [0, 0.1) is 0 Å². The molecule has 1 N–H and O–H groups in total. The summed E-state index contributed by atoms with van der Waals surface area (Å²) in [5, 5.41) is 0. The van der Waals surface area contributed by atoms with Crippen molar-refractivity contribution in [1.82, 2.24) is 4.72 Å². The van der Waals surface area contributed by atoms with Crippen LogP contribution >= 0.6 is 11.8 Å². The Morgan fingerprint density at radius 1 is 1.13 bits per heavy atom. The standard InChI is InChI=1S/C20H21NO7S2/c1-29-10-9-16(21-30(24,25)15-5-3-2-4-6-15)20(23)26-12-17(22)14-7-8-18-19(11-14)28-13-27-18/h2-8,11,16,21H,9-10,12-13H2,1H3. The Labute approximate surface area is 178 Å². The summed E-state index contributed by atoms with van der Waals surface area (Å²) in [6, 6.07) is 11.3. The van der Waals surface area contributed by atoms with Crippen LogP contribution in [0.15, 0.2) is 53.4 Å². The van der Waals surface area contributed by atoms with E-state index in [1.54, 1.807) is 30.3 Å². The number of nitrogens with one attached hydrogen (secondary N) is 1. The van der Waals surface area contributed by atoms with Crippen LogP contribution in [0.5, 0.6) is 11.5 Å². The smallest absolute Gasteiger partial charge is 0.324 e. The van der Waals surface area contributed by atoms with Gasteiger partial charge in [0, 0.05) is 5.56 Å². The van der Waals surface area contributed by atoms with Crippen LogP contribution in [0.2, 0.25) is 0 Å². The Morgan fingerprint density at radius 3 is 2.60 bits per heavy atom. The molecule has 2 aromatic carbocycles. The highest BCUT2D eigenvalue weighted by molar-refractivity contribution is 7.98. The minimum absolute atomic E-state index is 0.0448. The highest BCUT2D eigenvalue weighted by atomic mass is 32.2. The van der Waals surface area contributed by atoms with Crippen LogP contribution in [0.4, 0.5) is 0 Å². The summed E-state index contributed by atoms with van der Waals surface area (Å²) in [7, 11) is -3.91. The number of carbonyl (C=O) groups is 2. The molecular weight excluding hydrogens is 430 g/mol. The van der Waals surface area contributed by atoms with Gasteiger partial charge in [-0.15, -0.1) is 0 Å². The lowest BCUT2D eigenvalue weighted by atomic mass is 10.1. The normalized spacial score (nSPS) is 13.6. The van der Waals surface area contributed by atoms with Crippen molar-refractivity contribution in [2.75, 3.05) is 25.4 Å². The predicted octanol–water partition coefficient (Wildman–Crippen LogP) is 2.24. The molecule has 1 atom stereocenters. The Bertz CT molecular complexity index is 1010. The van der Waals surface area contributed by atoms with Gasteiger partial charge in [-0.3, -0.25) is 9.59 Å². The highest BCUT2D eigenvalue weighted by Gasteiger charge is 2.27. The van der Waals surface area contributed by atoms with Gasteiger partial charge in [0.2, 0.25) is 16.8 Å². The molecule has 8 nitrogen and oxygen atoms in total. The van der Waals surface area contributed by atoms with Gasteiger partial charge in [0.15, 0.2) is 23.9 Å². The summed E-state index contributed by atoms with van der Waals surface area (Å²) in [6.07, 6.45) is 2.07. The molecule has 0 amide bonds. The Morgan fingerprint density at radius 2 is 1.87 bits per heavy atom. The number of ketones is 1. The van der Waals surface area contributed by atoms with Crippen LogP contribution in [0.3, 0.4) is 0 Å². The molecule has 1 heterocycles. The van der Waals surface area contributed by atoms with Crippen molar-refractivity contribution in [3.63, 3.8) is 0 Å². The average molecular weight is 452 g/mol. The molecule has 0 saturated heterocycles. The van der Waals surface area contributed by atoms with Gasteiger partial charge in [-0.05, 0) is 48.8 Å². The molecule has 0 saturated carbocycles. The van der Waals surface area contributed by atoms with E-state index in [4.69, 9.17) is 14.2 Å². The van der Waals surface area contributed by atoms with Crippen LogP contribution in [0.25, 0.3) is 0 Å². The summed E-state index contributed by atoms with van der Waals surface area (Å²) in [5.41, 5.74) is 0.303. The summed E-state index contributed by atoms with van der Waals surface area (Å²) >= 11 is 1.47. The molecule has 0 bridgehead atoms. The van der Waals surface area contributed by atoms with E-state index in [1.165, 1.54) is 30.0 Å². The van der Waals surface area contributed by atoms with E-state index in [0.717, 1.165) is 0 Å². The Hall–Kier alpha value is -2.56. The molecule has 30 heavy (non-hydrogen) atoms.